The summed E-state index contributed by atoms with van der Waals surface area (Å²) in [5.74, 6) is 0. The molecule has 0 aliphatic carbocycles. The average molecular weight is 241 g/mol. The zero-order chi connectivity index (χ0) is 12.0. The maximum Gasteiger partial charge on any atom is 0.207 e. The van der Waals surface area contributed by atoms with Crippen molar-refractivity contribution in [3.05, 3.63) is 35.9 Å². The summed E-state index contributed by atoms with van der Waals surface area (Å²) in [6.07, 6.45) is 1.74. The van der Waals surface area contributed by atoms with Crippen LogP contribution in [0.1, 0.15) is 24.6 Å². The average Bonchev–Trinajstić information content (AvgIpc) is 2.31. The number of oxime groups is 1. The van der Waals surface area contributed by atoms with Gasteiger partial charge >= 0.3 is 0 Å². The number of nitrogens with zero attached hydrogens (tertiary/aromatic N) is 1. The van der Waals surface area contributed by atoms with Crippen molar-refractivity contribution in [2.75, 3.05) is 6.16 Å². The molecule has 0 aliphatic heterocycles. The second kappa shape index (κ2) is 5.83. The van der Waals surface area contributed by atoms with Gasteiger partial charge in [0.2, 0.25) is 7.37 Å². The van der Waals surface area contributed by atoms with Gasteiger partial charge in [-0.2, -0.15) is 0 Å². The van der Waals surface area contributed by atoms with E-state index in [1.165, 1.54) is 6.21 Å². The third kappa shape index (κ3) is 3.19. The predicted octanol–water partition coefficient (Wildman–Crippen LogP) is 2.87. The molecule has 1 aromatic rings. The molecule has 16 heavy (non-hydrogen) atoms. The summed E-state index contributed by atoms with van der Waals surface area (Å²) in [7, 11) is -3.24. The smallest absolute Gasteiger partial charge is 0.207 e. The van der Waals surface area contributed by atoms with Crippen LogP contribution in [0, 0.1) is 0 Å². The molecule has 5 heteroatoms. The van der Waals surface area contributed by atoms with E-state index in [0.29, 0.717) is 0 Å². The van der Waals surface area contributed by atoms with Crippen LogP contribution in [0.4, 0.5) is 0 Å². The van der Waals surface area contributed by atoms with Crippen LogP contribution < -0.4 is 0 Å². The lowest BCUT2D eigenvalue weighted by Gasteiger charge is -2.20. The molecule has 2 unspecified atom stereocenters. The second-order valence-electron chi connectivity index (χ2n) is 3.53. The number of hydrogen-bond donors (Lipinski definition) is 2. The topological polar surface area (TPSA) is 69.9 Å². The fourth-order valence-corrected chi connectivity index (χ4v) is 3.08. The van der Waals surface area contributed by atoms with Gasteiger partial charge in [-0.25, -0.2) is 0 Å². The normalized spacial score (nSPS) is 17.1. The summed E-state index contributed by atoms with van der Waals surface area (Å²) in [5, 5.41) is 11.3. The first kappa shape index (κ1) is 12.9. The van der Waals surface area contributed by atoms with E-state index in [4.69, 9.17) is 5.21 Å². The van der Waals surface area contributed by atoms with E-state index in [1.54, 1.807) is 6.92 Å². The van der Waals surface area contributed by atoms with E-state index in [2.05, 4.69) is 5.16 Å². The first-order chi connectivity index (χ1) is 7.61. The molecule has 0 fully saturated rings. The second-order valence-corrected chi connectivity index (χ2v) is 6.30. The summed E-state index contributed by atoms with van der Waals surface area (Å²) in [5.41, 5.74) is 0.310. The third-order valence-electron chi connectivity index (χ3n) is 2.53. The zero-order valence-corrected chi connectivity index (χ0v) is 10.0. The minimum atomic E-state index is -3.24. The Balaban J connectivity index is 3.01. The Morgan fingerprint density at radius 1 is 1.44 bits per heavy atom. The highest BCUT2D eigenvalue weighted by Crippen LogP contribution is 2.56. The van der Waals surface area contributed by atoms with Gasteiger partial charge in [-0.1, -0.05) is 37.3 Å². The number of hydrogen-bond acceptors (Lipinski definition) is 3. The monoisotopic (exact) mass is 241 g/mol. The summed E-state index contributed by atoms with van der Waals surface area (Å²) < 4.78 is 12.0. The van der Waals surface area contributed by atoms with Gasteiger partial charge in [-0.05, 0) is 5.56 Å². The Kier molecular flexibility index (Phi) is 4.71. The van der Waals surface area contributed by atoms with Crippen molar-refractivity contribution in [1.82, 2.24) is 0 Å². The Bertz CT molecular complexity index is 391. The molecule has 2 N–H and O–H groups in total. The fourth-order valence-electron chi connectivity index (χ4n) is 1.58. The quantitative estimate of drug-likeness (QED) is 0.360. The molecule has 1 aromatic carbocycles. The minimum absolute atomic E-state index is 0.214. The lowest BCUT2D eigenvalue weighted by atomic mass is 10.1. The molecule has 0 aliphatic rings. The number of rotatable bonds is 5. The van der Waals surface area contributed by atoms with Crippen LogP contribution in [0.2, 0.25) is 0 Å². The van der Waals surface area contributed by atoms with Gasteiger partial charge < -0.3 is 10.1 Å². The highest BCUT2D eigenvalue weighted by atomic mass is 31.2. The van der Waals surface area contributed by atoms with Gasteiger partial charge in [0.05, 0.1) is 5.66 Å². The van der Waals surface area contributed by atoms with Gasteiger partial charge in [0.25, 0.3) is 0 Å². The molecule has 4 nitrogen and oxygen atoms in total. The molecule has 0 aromatic heterocycles. The van der Waals surface area contributed by atoms with E-state index in [9.17, 15) is 9.46 Å². The van der Waals surface area contributed by atoms with Crippen LogP contribution in [-0.4, -0.2) is 22.5 Å². The summed E-state index contributed by atoms with van der Waals surface area (Å²) in [6, 6.07) is 9.14. The van der Waals surface area contributed by atoms with Crippen molar-refractivity contribution in [3.63, 3.8) is 0 Å². The molecule has 0 amide bonds. The molecule has 88 valence electrons. The van der Waals surface area contributed by atoms with E-state index >= 15 is 0 Å². The lowest BCUT2D eigenvalue weighted by Crippen LogP contribution is -2.03. The Labute approximate surface area is 95.1 Å². The Morgan fingerprint density at radius 2 is 2.06 bits per heavy atom. The van der Waals surface area contributed by atoms with E-state index in [-0.39, 0.29) is 12.6 Å². The van der Waals surface area contributed by atoms with Gasteiger partial charge in [0.15, 0.2) is 0 Å². The van der Waals surface area contributed by atoms with Crippen molar-refractivity contribution < 1.29 is 14.7 Å². The standard InChI is InChI=1S/C11H16NO3P/c1-2-16(14,15)11(8-9-12-13)10-6-4-3-5-7-10/h3-7,9,11,13H,2,8H2,1H3,(H,14,15). The van der Waals surface area contributed by atoms with Crippen LogP contribution in [0.5, 0.6) is 0 Å². The van der Waals surface area contributed by atoms with Crippen molar-refractivity contribution >= 4 is 13.6 Å². The largest absolute Gasteiger partial charge is 0.411 e. The van der Waals surface area contributed by atoms with Gasteiger partial charge in [0.1, 0.15) is 0 Å². The lowest BCUT2D eigenvalue weighted by molar-refractivity contribution is 0.320. The first-order valence-corrected chi connectivity index (χ1v) is 7.05. The molecule has 2 atom stereocenters. The first-order valence-electron chi connectivity index (χ1n) is 5.14. The van der Waals surface area contributed by atoms with Crippen LogP contribution in [0.25, 0.3) is 0 Å². The molecule has 1 rings (SSSR count). The summed E-state index contributed by atoms with van der Waals surface area (Å²) in [6.45, 7) is 1.69. The van der Waals surface area contributed by atoms with Crippen molar-refractivity contribution in [3.8, 4) is 0 Å². The van der Waals surface area contributed by atoms with E-state index in [0.717, 1.165) is 5.56 Å². The molecule has 0 saturated heterocycles. The molecular weight excluding hydrogens is 225 g/mol. The van der Waals surface area contributed by atoms with Crippen molar-refractivity contribution in [2.24, 2.45) is 5.16 Å². The van der Waals surface area contributed by atoms with Crippen LogP contribution >= 0.6 is 7.37 Å². The maximum atomic E-state index is 12.0. The van der Waals surface area contributed by atoms with Gasteiger partial charge in [0, 0.05) is 18.8 Å². The SMILES string of the molecule is CCP(=O)(O)C(CC=NO)c1ccccc1. The Hall–Kier alpha value is -1.12. The highest BCUT2D eigenvalue weighted by molar-refractivity contribution is 7.58. The zero-order valence-electron chi connectivity index (χ0n) is 9.15. The predicted molar refractivity (Wildman–Crippen MR) is 64.4 cm³/mol. The summed E-state index contributed by atoms with van der Waals surface area (Å²) >= 11 is 0. The Morgan fingerprint density at radius 3 is 2.56 bits per heavy atom. The minimum Gasteiger partial charge on any atom is -0.411 e. The van der Waals surface area contributed by atoms with Crippen molar-refractivity contribution in [1.29, 1.82) is 0 Å². The van der Waals surface area contributed by atoms with E-state index < -0.39 is 13.0 Å². The molecule has 0 bridgehead atoms. The molecule has 0 heterocycles. The van der Waals surface area contributed by atoms with Gasteiger partial charge in [-0.3, -0.25) is 4.57 Å². The highest BCUT2D eigenvalue weighted by Gasteiger charge is 2.29. The molecule has 0 radical (unpaired) electrons. The van der Waals surface area contributed by atoms with Crippen molar-refractivity contribution in [2.45, 2.75) is 19.0 Å². The van der Waals surface area contributed by atoms with Crippen LogP contribution in [0.3, 0.4) is 0 Å². The molecule has 0 spiro atoms. The van der Waals surface area contributed by atoms with Crippen LogP contribution in [-0.2, 0) is 4.57 Å². The summed E-state index contributed by atoms with van der Waals surface area (Å²) in [4.78, 5) is 9.88. The fraction of sp³-hybridized carbons (Fsp3) is 0.364. The van der Waals surface area contributed by atoms with E-state index in [1.807, 2.05) is 30.3 Å². The maximum absolute atomic E-state index is 12.0. The molecular formula is C11H16NO3P. The van der Waals surface area contributed by atoms with Crippen LogP contribution in [0.15, 0.2) is 35.5 Å². The number of benzene rings is 1. The van der Waals surface area contributed by atoms with Gasteiger partial charge in [-0.15, -0.1) is 5.16 Å². The molecule has 0 saturated carbocycles. The third-order valence-corrected chi connectivity index (χ3v) is 4.92.